The molecule has 0 aromatic heterocycles. The highest BCUT2D eigenvalue weighted by Gasteiger charge is 2.29. The Labute approximate surface area is 159 Å². The number of halogens is 2. The first-order chi connectivity index (χ1) is 12.7. The maximum absolute atomic E-state index is 13.9. The van der Waals surface area contributed by atoms with Crippen LogP contribution in [0.25, 0.3) is 11.1 Å². The highest BCUT2D eigenvalue weighted by atomic mass is 32.2. The average Bonchev–Trinajstić information content (AvgIpc) is 3.00. The lowest BCUT2D eigenvalue weighted by Crippen LogP contribution is -2.33. The lowest BCUT2D eigenvalue weighted by molar-refractivity contribution is 0.325. The molecule has 146 valence electrons. The quantitative estimate of drug-likeness (QED) is 0.814. The van der Waals surface area contributed by atoms with Crippen molar-refractivity contribution < 1.29 is 17.2 Å². The zero-order valence-corrected chi connectivity index (χ0v) is 16.3. The van der Waals surface area contributed by atoms with Crippen LogP contribution in [0.1, 0.15) is 19.3 Å². The number of nitrogens with zero attached hydrogens (tertiary/aromatic N) is 1. The highest BCUT2D eigenvalue weighted by Crippen LogP contribution is 2.28. The third-order valence-corrected chi connectivity index (χ3v) is 6.43. The van der Waals surface area contributed by atoms with Crippen molar-refractivity contribution in [3.63, 3.8) is 0 Å². The van der Waals surface area contributed by atoms with Crippen LogP contribution in [0.15, 0.2) is 47.4 Å². The van der Waals surface area contributed by atoms with Crippen molar-refractivity contribution in [2.75, 3.05) is 20.6 Å². The first-order valence-corrected chi connectivity index (χ1v) is 10.5. The van der Waals surface area contributed by atoms with E-state index in [1.165, 1.54) is 36.4 Å². The van der Waals surface area contributed by atoms with Gasteiger partial charge in [0.2, 0.25) is 10.0 Å². The summed E-state index contributed by atoms with van der Waals surface area (Å²) >= 11 is 0. The molecule has 0 aliphatic heterocycles. The van der Waals surface area contributed by atoms with E-state index in [4.69, 9.17) is 0 Å². The van der Waals surface area contributed by atoms with E-state index in [2.05, 4.69) is 9.62 Å². The van der Waals surface area contributed by atoms with Gasteiger partial charge >= 0.3 is 0 Å². The van der Waals surface area contributed by atoms with Crippen molar-refractivity contribution in [1.29, 1.82) is 0 Å². The van der Waals surface area contributed by atoms with Crippen LogP contribution in [0.2, 0.25) is 0 Å². The minimum Gasteiger partial charge on any atom is -0.309 e. The molecule has 0 bridgehead atoms. The Hall–Kier alpha value is -1.83. The zero-order chi connectivity index (χ0) is 19.6. The molecule has 2 atom stereocenters. The number of sulfonamides is 1. The summed E-state index contributed by atoms with van der Waals surface area (Å²) in [6.45, 7) is 0.955. The Morgan fingerprint density at radius 1 is 1.07 bits per heavy atom. The summed E-state index contributed by atoms with van der Waals surface area (Å²) in [4.78, 5) is 2.26. The largest absolute Gasteiger partial charge is 0.309 e. The molecule has 27 heavy (non-hydrogen) atoms. The smallest absolute Gasteiger partial charge is 0.240 e. The molecule has 1 aliphatic rings. The summed E-state index contributed by atoms with van der Waals surface area (Å²) in [5, 5.41) is 0. The van der Waals surface area contributed by atoms with Crippen LogP contribution in [0.5, 0.6) is 0 Å². The molecule has 0 radical (unpaired) electrons. The Morgan fingerprint density at radius 2 is 1.78 bits per heavy atom. The second-order valence-electron chi connectivity index (χ2n) is 7.41. The van der Waals surface area contributed by atoms with Gasteiger partial charge in [0.25, 0.3) is 0 Å². The number of nitrogens with one attached hydrogen (secondary N) is 1. The van der Waals surface area contributed by atoms with Gasteiger partial charge in [-0.1, -0.05) is 12.1 Å². The monoisotopic (exact) mass is 394 g/mol. The molecule has 4 nitrogen and oxygen atoms in total. The van der Waals surface area contributed by atoms with E-state index < -0.39 is 21.7 Å². The van der Waals surface area contributed by atoms with Gasteiger partial charge in [-0.2, -0.15) is 0 Å². The number of benzene rings is 2. The van der Waals surface area contributed by atoms with Gasteiger partial charge in [-0.15, -0.1) is 0 Å². The number of rotatable bonds is 6. The molecule has 3 rings (SSSR count). The molecule has 1 aliphatic carbocycles. The third-order valence-electron chi connectivity index (χ3n) is 4.89. The van der Waals surface area contributed by atoms with Crippen molar-refractivity contribution in [3.8, 4) is 11.1 Å². The molecule has 2 unspecified atom stereocenters. The van der Waals surface area contributed by atoms with E-state index in [9.17, 15) is 17.2 Å². The van der Waals surface area contributed by atoms with Gasteiger partial charge < -0.3 is 4.90 Å². The number of hydrogen-bond acceptors (Lipinski definition) is 3. The fourth-order valence-electron chi connectivity index (χ4n) is 3.69. The highest BCUT2D eigenvalue weighted by molar-refractivity contribution is 7.89. The second-order valence-corrected chi connectivity index (χ2v) is 9.12. The molecule has 2 aromatic rings. The van der Waals surface area contributed by atoms with Crippen LogP contribution < -0.4 is 4.72 Å². The van der Waals surface area contributed by atoms with E-state index in [-0.39, 0.29) is 16.5 Å². The van der Waals surface area contributed by atoms with Crippen LogP contribution in [0, 0.1) is 17.6 Å². The Bertz CT molecular complexity index is 899. The second kappa shape index (κ2) is 8.04. The van der Waals surface area contributed by atoms with Gasteiger partial charge in [-0.3, -0.25) is 0 Å². The zero-order valence-electron chi connectivity index (χ0n) is 15.5. The molecule has 1 saturated carbocycles. The van der Waals surface area contributed by atoms with Crippen molar-refractivity contribution in [2.24, 2.45) is 5.92 Å². The lowest BCUT2D eigenvalue weighted by Gasteiger charge is -2.17. The summed E-state index contributed by atoms with van der Waals surface area (Å²) in [6, 6.07) is 9.24. The number of hydrogen-bond donors (Lipinski definition) is 1. The van der Waals surface area contributed by atoms with Crippen molar-refractivity contribution in [3.05, 3.63) is 54.1 Å². The molecular weight excluding hydrogens is 370 g/mol. The molecular formula is C20H24F2N2O2S. The van der Waals surface area contributed by atoms with Crippen LogP contribution in [0.3, 0.4) is 0 Å². The fourth-order valence-corrected chi connectivity index (χ4v) is 4.97. The summed E-state index contributed by atoms with van der Waals surface area (Å²) in [5.74, 6) is -0.832. The SMILES string of the molecule is CN(C)CC1CCC(NS(=O)(=O)c2ccc(-c3ccc(F)cc3F)cc2)C1. The molecule has 0 spiro atoms. The Morgan fingerprint density at radius 3 is 2.41 bits per heavy atom. The Kier molecular flexibility index (Phi) is 5.93. The first-order valence-electron chi connectivity index (χ1n) is 8.97. The van der Waals surface area contributed by atoms with Crippen LogP contribution in [-0.2, 0) is 10.0 Å². The summed E-state index contributed by atoms with van der Waals surface area (Å²) in [5.41, 5.74) is 0.731. The van der Waals surface area contributed by atoms with E-state index >= 15 is 0 Å². The summed E-state index contributed by atoms with van der Waals surface area (Å²) in [7, 11) is 0.405. The van der Waals surface area contributed by atoms with E-state index in [1.54, 1.807) is 0 Å². The predicted octanol–water partition coefficient (Wildman–Crippen LogP) is 3.64. The van der Waals surface area contributed by atoms with E-state index in [0.717, 1.165) is 31.9 Å². The van der Waals surface area contributed by atoms with Gasteiger partial charge in [-0.25, -0.2) is 21.9 Å². The minimum atomic E-state index is -3.63. The van der Waals surface area contributed by atoms with Gasteiger partial charge in [-0.05, 0) is 69.1 Å². The predicted molar refractivity (Wildman–Crippen MR) is 102 cm³/mol. The van der Waals surface area contributed by atoms with Gasteiger partial charge in [0.05, 0.1) is 4.90 Å². The van der Waals surface area contributed by atoms with Crippen molar-refractivity contribution >= 4 is 10.0 Å². The standard InChI is InChI=1S/C20H24F2N2O2S/c1-24(2)13-14-3-7-17(11-14)23-27(25,26)18-8-4-15(5-9-18)19-10-6-16(21)12-20(19)22/h4-6,8-10,12,14,17,23H,3,7,11,13H2,1-2H3. The van der Waals surface area contributed by atoms with E-state index in [1.807, 2.05) is 14.1 Å². The fraction of sp³-hybridized carbons (Fsp3) is 0.400. The molecule has 1 N–H and O–H groups in total. The molecule has 0 amide bonds. The van der Waals surface area contributed by atoms with Crippen LogP contribution >= 0.6 is 0 Å². The van der Waals surface area contributed by atoms with Gasteiger partial charge in [0.15, 0.2) is 0 Å². The maximum atomic E-state index is 13.9. The van der Waals surface area contributed by atoms with Gasteiger partial charge in [0, 0.05) is 24.2 Å². The summed E-state index contributed by atoms with van der Waals surface area (Å²) < 4.78 is 55.0. The average molecular weight is 394 g/mol. The van der Waals surface area contributed by atoms with Gasteiger partial charge in [0.1, 0.15) is 11.6 Å². The first kappa shape index (κ1) is 19.9. The molecule has 7 heteroatoms. The molecule has 1 fully saturated rings. The van der Waals surface area contributed by atoms with Crippen molar-refractivity contribution in [1.82, 2.24) is 9.62 Å². The molecule has 0 heterocycles. The van der Waals surface area contributed by atoms with Crippen LogP contribution in [-0.4, -0.2) is 40.0 Å². The normalized spacial score (nSPS) is 20.3. The van der Waals surface area contributed by atoms with Crippen LogP contribution in [0.4, 0.5) is 8.78 Å². The molecule has 2 aromatic carbocycles. The Balaban J connectivity index is 1.70. The topological polar surface area (TPSA) is 49.4 Å². The third kappa shape index (κ3) is 4.91. The minimum absolute atomic E-state index is 0.0610. The summed E-state index contributed by atoms with van der Waals surface area (Å²) in [6.07, 6.45) is 2.67. The lowest BCUT2D eigenvalue weighted by atomic mass is 10.1. The van der Waals surface area contributed by atoms with Crippen molar-refractivity contribution in [2.45, 2.75) is 30.2 Å². The molecule has 0 saturated heterocycles. The maximum Gasteiger partial charge on any atom is 0.240 e. The van der Waals surface area contributed by atoms with E-state index in [0.29, 0.717) is 11.5 Å².